The van der Waals surface area contributed by atoms with Gasteiger partial charge in [-0.25, -0.2) is 9.48 Å². The van der Waals surface area contributed by atoms with Crippen molar-refractivity contribution < 1.29 is 99.9 Å². The van der Waals surface area contributed by atoms with Crippen molar-refractivity contribution in [1.82, 2.24) is 20.1 Å². The SMILES string of the molecule is C#CC.CCC(=O)CCOCCOCCOCCOCCOCCN=[N+]=[N-].CCC(=O)CCOCCOCCOCCOCCOCCn1cc(C)nn1.CN.[N-]=[N+]=NCCOCCOCCOCCOCCOCCC(=O)ON1C(=O)CCC1=O. The number of hydrogen-bond donors (Lipinski definition) is 1. The van der Waals surface area contributed by atoms with Gasteiger partial charge < -0.3 is 81.6 Å². The molecule has 0 spiro atoms. The highest BCUT2D eigenvalue weighted by Crippen LogP contribution is 2.12. The molecule has 0 aromatic carbocycles. The molecule has 1 saturated heterocycles. The van der Waals surface area contributed by atoms with Crippen molar-refractivity contribution in [3.05, 3.63) is 32.8 Å². The van der Waals surface area contributed by atoms with Crippen molar-refractivity contribution in [3.8, 4) is 12.3 Å². The van der Waals surface area contributed by atoms with Crippen molar-refractivity contribution in [2.75, 3.05) is 218 Å². The molecule has 0 bridgehead atoms. The van der Waals surface area contributed by atoms with Crippen LogP contribution in [0.25, 0.3) is 20.9 Å². The van der Waals surface area contributed by atoms with Crippen LogP contribution in [0.4, 0.5) is 0 Å². The number of ether oxygens (including phenoxy) is 15. The number of hydrogen-bond acceptors (Lipinski definition) is 26. The molecular weight excluding hydrogens is 1140 g/mol. The summed E-state index contributed by atoms with van der Waals surface area (Å²) in [5.74, 6) is 0.967. The van der Waals surface area contributed by atoms with Crippen LogP contribution in [0.5, 0.6) is 0 Å². The van der Waals surface area contributed by atoms with Crippen molar-refractivity contribution in [2.24, 2.45) is 16.0 Å². The molecule has 0 atom stereocenters. The molecule has 2 heterocycles. The van der Waals surface area contributed by atoms with Crippen molar-refractivity contribution in [2.45, 2.75) is 79.2 Å². The highest BCUT2D eigenvalue weighted by molar-refractivity contribution is 6.01. The van der Waals surface area contributed by atoms with E-state index in [1.165, 1.54) is 7.05 Å². The summed E-state index contributed by atoms with van der Waals surface area (Å²) < 4.78 is 81.4. The number of azide groups is 2. The molecule has 32 nitrogen and oxygen atoms in total. The predicted octanol–water partition coefficient (Wildman–Crippen LogP) is 3.38. The van der Waals surface area contributed by atoms with E-state index < -0.39 is 17.8 Å². The van der Waals surface area contributed by atoms with Crippen LogP contribution in [-0.4, -0.2) is 268 Å². The average Bonchev–Trinajstić information content (AvgIpc) is 4.12. The molecule has 496 valence electrons. The normalized spacial score (nSPS) is 11.3. The predicted molar refractivity (Wildman–Crippen MR) is 311 cm³/mol. The summed E-state index contributed by atoms with van der Waals surface area (Å²) in [7, 11) is 1.50. The number of rotatable bonds is 57. The summed E-state index contributed by atoms with van der Waals surface area (Å²) in [6, 6.07) is 0. The van der Waals surface area contributed by atoms with Crippen LogP contribution < -0.4 is 5.73 Å². The quantitative estimate of drug-likeness (QED) is 0.0244. The number of hydroxylamine groups is 2. The van der Waals surface area contributed by atoms with E-state index in [0.717, 1.165) is 5.69 Å². The summed E-state index contributed by atoms with van der Waals surface area (Å²) in [5.41, 5.74) is 21.5. The maximum Gasteiger partial charge on any atom is 0.335 e. The van der Waals surface area contributed by atoms with Crippen LogP contribution in [-0.2, 0) is 106 Å². The monoisotopic (exact) mass is 1240 g/mol. The van der Waals surface area contributed by atoms with E-state index in [0.29, 0.717) is 235 Å². The number of nitrogens with zero attached hydrogens (tertiary/aromatic N) is 10. The van der Waals surface area contributed by atoms with Gasteiger partial charge >= 0.3 is 5.97 Å². The van der Waals surface area contributed by atoms with Gasteiger partial charge in [0.2, 0.25) is 0 Å². The van der Waals surface area contributed by atoms with E-state index in [4.69, 9.17) is 87.0 Å². The number of carbonyl (C=O) groups excluding carboxylic acids is 5. The Bertz CT molecular complexity index is 1860. The summed E-state index contributed by atoms with van der Waals surface area (Å²) in [5, 5.41) is 15.1. The zero-order valence-electron chi connectivity index (χ0n) is 51.6. The Kier molecular flexibility index (Phi) is 71.1. The minimum Gasteiger partial charge on any atom is -0.379 e. The zero-order chi connectivity index (χ0) is 63.9. The first-order valence-electron chi connectivity index (χ1n) is 28.7. The molecular formula is C54H99N11O21. The Morgan fingerprint density at radius 1 is 0.512 bits per heavy atom. The van der Waals surface area contributed by atoms with Gasteiger partial charge in [-0.1, -0.05) is 29.3 Å². The number of Topliss-reactive ketones (excluding diaryl/α,β-unsaturated/α-hetero) is 2. The molecule has 0 aliphatic carbocycles. The van der Waals surface area contributed by atoms with Gasteiger partial charge in [0.1, 0.15) is 11.6 Å². The molecule has 0 unspecified atom stereocenters. The van der Waals surface area contributed by atoms with Gasteiger partial charge in [-0.3, -0.25) is 19.2 Å². The second kappa shape index (κ2) is 72.1. The Morgan fingerprint density at radius 2 is 0.779 bits per heavy atom. The number of aryl methyl sites for hydroxylation is 1. The third kappa shape index (κ3) is 66.2. The molecule has 2 rings (SSSR count). The lowest BCUT2D eigenvalue weighted by Gasteiger charge is -2.12. The summed E-state index contributed by atoms with van der Waals surface area (Å²) in [4.78, 5) is 66.2. The summed E-state index contributed by atoms with van der Waals surface area (Å²) in [6.45, 7) is 22.2. The smallest absolute Gasteiger partial charge is 0.335 e. The van der Waals surface area contributed by atoms with Gasteiger partial charge in [0.15, 0.2) is 0 Å². The van der Waals surface area contributed by atoms with Crippen molar-refractivity contribution >= 4 is 29.4 Å². The second-order valence-corrected chi connectivity index (χ2v) is 16.6. The fourth-order valence-electron chi connectivity index (χ4n) is 5.59. The minimum absolute atomic E-state index is 0.0624. The highest BCUT2D eigenvalue weighted by atomic mass is 16.7. The van der Waals surface area contributed by atoms with E-state index in [1.807, 2.05) is 27.0 Å². The lowest BCUT2D eigenvalue weighted by molar-refractivity contribution is -0.198. The summed E-state index contributed by atoms with van der Waals surface area (Å²) in [6.07, 6.45) is 8.61. The molecule has 0 saturated carbocycles. The van der Waals surface area contributed by atoms with Gasteiger partial charge in [-0.2, -0.15) is 0 Å². The fourth-order valence-corrected chi connectivity index (χ4v) is 5.59. The zero-order valence-corrected chi connectivity index (χ0v) is 51.6. The van der Waals surface area contributed by atoms with Gasteiger partial charge in [0, 0.05) is 67.6 Å². The van der Waals surface area contributed by atoms with Gasteiger partial charge in [0.05, 0.1) is 217 Å². The fraction of sp³-hybridized carbons (Fsp3) is 0.833. The minimum atomic E-state index is -0.699. The molecule has 1 aliphatic heterocycles. The number of amides is 2. The third-order valence-corrected chi connectivity index (χ3v) is 9.87. The number of imide groups is 1. The van der Waals surface area contributed by atoms with E-state index in [-0.39, 0.29) is 44.0 Å². The molecule has 0 radical (unpaired) electrons. The second-order valence-electron chi connectivity index (χ2n) is 16.6. The van der Waals surface area contributed by atoms with Crippen LogP contribution in [0.2, 0.25) is 0 Å². The molecule has 86 heavy (non-hydrogen) atoms. The number of nitrogens with two attached hydrogens (primary N) is 1. The largest absolute Gasteiger partial charge is 0.379 e. The number of carbonyl (C=O) groups is 5. The van der Waals surface area contributed by atoms with E-state index in [9.17, 15) is 24.0 Å². The molecule has 1 aromatic heterocycles. The highest BCUT2D eigenvalue weighted by Gasteiger charge is 2.32. The lowest BCUT2D eigenvalue weighted by Crippen LogP contribution is -2.32. The summed E-state index contributed by atoms with van der Waals surface area (Å²) >= 11 is 0. The Labute approximate surface area is 506 Å². The third-order valence-electron chi connectivity index (χ3n) is 9.87. The Balaban J connectivity index is -0.00000116. The number of terminal acetylenes is 1. The van der Waals surface area contributed by atoms with Gasteiger partial charge in [-0.15, -0.1) is 22.5 Å². The number of aromatic nitrogens is 3. The molecule has 2 N–H and O–H groups in total. The Morgan fingerprint density at radius 3 is 1.05 bits per heavy atom. The Hall–Kier alpha value is -5.37. The van der Waals surface area contributed by atoms with E-state index in [2.05, 4.69) is 48.4 Å². The van der Waals surface area contributed by atoms with Gasteiger partial charge in [0.25, 0.3) is 11.8 Å². The van der Waals surface area contributed by atoms with Crippen LogP contribution >= 0.6 is 0 Å². The van der Waals surface area contributed by atoms with Crippen LogP contribution in [0, 0.1) is 19.3 Å². The first kappa shape index (κ1) is 84.8. The van der Waals surface area contributed by atoms with Crippen LogP contribution in [0.1, 0.15) is 71.4 Å². The van der Waals surface area contributed by atoms with Crippen molar-refractivity contribution in [1.29, 1.82) is 0 Å². The maximum atomic E-state index is 11.5. The lowest BCUT2D eigenvalue weighted by atomic mass is 10.2. The molecule has 1 aromatic rings. The van der Waals surface area contributed by atoms with Crippen molar-refractivity contribution in [3.63, 3.8) is 0 Å². The van der Waals surface area contributed by atoms with Crippen LogP contribution in [0.3, 0.4) is 0 Å². The van der Waals surface area contributed by atoms with Gasteiger partial charge in [-0.05, 0) is 32.0 Å². The molecule has 2 amide bonds. The molecule has 32 heteroatoms. The number of ketones is 2. The topological polar surface area (TPSA) is 391 Å². The average molecular weight is 1240 g/mol. The maximum absolute atomic E-state index is 11.5. The molecule has 1 fully saturated rings. The first-order chi connectivity index (χ1) is 42.1. The van der Waals surface area contributed by atoms with Crippen LogP contribution in [0.15, 0.2) is 16.4 Å². The molecule has 1 aliphatic rings. The first-order valence-corrected chi connectivity index (χ1v) is 28.7. The standard InChI is InChI=1S/C18H33N3O6.C17H28N4O9.C15H29N3O6.C3H4.CH5N/c1-3-18(22)4-6-23-8-10-25-12-14-27-15-13-26-11-9-24-7-5-21-16-17(2)19-20-21;18-20-19-4-6-26-8-10-28-12-14-29-13-11-27-9-7-25-5-3-17(24)30-21-15(22)1-2-16(21)23;1-2-15(19)3-5-20-7-9-22-11-13-24-14-12-23-10-8-21-6-4-17-18-16;1-3-2;1-2/h16H,3-15H2,1-2H3;1-14H2;2-14H2,1H3;1H,2H3;2H2,1H3. The van der Waals surface area contributed by atoms with E-state index in [1.54, 1.807) is 11.6 Å². The van der Waals surface area contributed by atoms with E-state index >= 15 is 0 Å².